The van der Waals surface area contributed by atoms with Crippen LogP contribution in [-0.2, 0) is 6.73 Å². The second-order valence-electron chi connectivity index (χ2n) is 3.04. The lowest BCUT2D eigenvalue weighted by Gasteiger charge is -1.99. The Kier molecular flexibility index (Phi) is 3.02. The van der Waals surface area contributed by atoms with E-state index in [1.807, 2.05) is 0 Å². The van der Waals surface area contributed by atoms with Gasteiger partial charge in [-0.25, -0.2) is 0 Å². The Morgan fingerprint density at radius 1 is 1.44 bits per heavy atom. The second kappa shape index (κ2) is 4.46. The number of methoxy groups -OCH3 is 1. The molecule has 84 valence electrons. The van der Waals surface area contributed by atoms with E-state index in [1.54, 1.807) is 31.4 Å². The lowest BCUT2D eigenvalue weighted by atomic mass is 10.2. The molecule has 1 N–H and O–H groups in total. The molecule has 16 heavy (non-hydrogen) atoms. The average Bonchev–Trinajstić information content (AvgIpc) is 2.71. The Hall–Kier alpha value is -1.66. The van der Waals surface area contributed by atoms with Gasteiger partial charge in [0.2, 0.25) is 5.89 Å². The largest absolute Gasteiger partial charge is 0.497 e. The van der Waals surface area contributed by atoms with E-state index in [1.165, 1.54) is 4.68 Å². The zero-order valence-corrected chi connectivity index (χ0v) is 9.40. The van der Waals surface area contributed by atoms with Crippen molar-refractivity contribution in [1.82, 2.24) is 9.78 Å². The van der Waals surface area contributed by atoms with Crippen molar-refractivity contribution in [2.45, 2.75) is 6.73 Å². The van der Waals surface area contributed by atoms with E-state index in [2.05, 4.69) is 5.10 Å². The van der Waals surface area contributed by atoms with E-state index in [-0.39, 0.29) is 11.6 Å². The van der Waals surface area contributed by atoms with Crippen molar-refractivity contribution in [2.75, 3.05) is 7.11 Å². The zero-order chi connectivity index (χ0) is 11.5. The fourth-order valence-corrected chi connectivity index (χ4v) is 1.42. The van der Waals surface area contributed by atoms with Crippen LogP contribution in [-0.4, -0.2) is 22.0 Å². The summed E-state index contributed by atoms with van der Waals surface area (Å²) in [6.45, 7) is -0.293. The van der Waals surface area contributed by atoms with E-state index in [4.69, 9.17) is 26.5 Å². The molecule has 0 saturated carbocycles. The number of benzene rings is 1. The standard InChI is InChI=1S/C10H10N2O3S/c1-14-8-4-2-7(3-5-8)9-11-12(6-13)10(16)15-9/h2-5,13H,6H2,1H3. The molecule has 0 aliphatic rings. The van der Waals surface area contributed by atoms with E-state index >= 15 is 0 Å². The molecular formula is C10H10N2O3S. The van der Waals surface area contributed by atoms with Gasteiger partial charge in [0.15, 0.2) is 0 Å². The minimum Gasteiger partial charge on any atom is -0.497 e. The van der Waals surface area contributed by atoms with Crippen LogP contribution in [0.15, 0.2) is 28.7 Å². The van der Waals surface area contributed by atoms with Crippen LogP contribution < -0.4 is 4.74 Å². The van der Waals surface area contributed by atoms with Crippen LogP contribution in [0.3, 0.4) is 0 Å². The Bertz CT molecular complexity index is 530. The van der Waals surface area contributed by atoms with Gasteiger partial charge in [0.05, 0.1) is 7.11 Å². The lowest BCUT2D eigenvalue weighted by molar-refractivity contribution is 0.190. The van der Waals surface area contributed by atoms with Gasteiger partial charge in [-0.15, -0.1) is 5.10 Å². The molecule has 5 nitrogen and oxygen atoms in total. The summed E-state index contributed by atoms with van der Waals surface area (Å²) in [6, 6.07) is 7.21. The van der Waals surface area contributed by atoms with Crippen LogP contribution in [0.2, 0.25) is 0 Å². The van der Waals surface area contributed by atoms with Crippen molar-refractivity contribution in [3.8, 4) is 17.2 Å². The third-order valence-corrected chi connectivity index (χ3v) is 2.37. The summed E-state index contributed by atoms with van der Waals surface area (Å²) < 4.78 is 11.5. The van der Waals surface area contributed by atoms with Gasteiger partial charge in [0.1, 0.15) is 12.5 Å². The van der Waals surface area contributed by atoms with Crippen molar-refractivity contribution < 1.29 is 14.3 Å². The maximum atomic E-state index is 8.91. The predicted molar refractivity (Wildman–Crippen MR) is 59.5 cm³/mol. The number of hydrogen-bond donors (Lipinski definition) is 1. The molecule has 0 unspecified atom stereocenters. The quantitative estimate of drug-likeness (QED) is 0.827. The summed E-state index contributed by atoms with van der Waals surface area (Å²) in [6.07, 6.45) is 0. The van der Waals surface area contributed by atoms with Crippen LogP contribution >= 0.6 is 12.2 Å². The first-order valence-corrected chi connectivity index (χ1v) is 4.98. The molecular weight excluding hydrogens is 228 g/mol. The van der Waals surface area contributed by atoms with Crippen molar-refractivity contribution in [3.63, 3.8) is 0 Å². The maximum Gasteiger partial charge on any atom is 0.289 e. The summed E-state index contributed by atoms with van der Waals surface area (Å²) in [5, 5.41) is 12.9. The Balaban J connectivity index is 2.38. The molecule has 1 aromatic carbocycles. The molecule has 1 heterocycles. The minimum absolute atomic E-state index is 0.147. The third kappa shape index (κ3) is 1.98. The number of rotatable bonds is 3. The second-order valence-corrected chi connectivity index (χ2v) is 3.39. The number of aliphatic hydroxyl groups is 1. The molecule has 0 radical (unpaired) electrons. The molecule has 2 aromatic rings. The smallest absolute Gasteiger partial charge is 0.289 e. The summed E-state index contributed by atoms with van der Waals surface area (Å²) in [5.74, 6) is 1.13. The van der Waals surface area contributed by atoms with Crippen molar-refractivity contribution in [2.24, 2.45) is 0 Å². The highest BCUT2D eigenvalue weighted by molar-refractivity contribution is 7.71. The summed E-state index contributed by atoms with van der Waals surface area (Å²) in [7, 11) is 1.60. The van der Waals surface area contributed by atoms with Crippen molar-refractivity contribution in [3.05, 3.63) is 29.1 Å². The van der Waals surface area contributed by atoms with E-state index in [0.29, 0.717) is 5.89 Å². The van der Waals surface area contributed by atoms with Crippen LogP contribution in [0.4, 0.5) is 0 Å². The molecule has 0 fully saturated rings. The topological polar surface area (TPSA) is 60.4 Å². The highest BCUT2D eigenvalue weighted by Gasteiger charge is 2.07. The molecule has 0 aliphatic carbocycles. The summed E-state index contributed by atoms with van der Waals surface area (Å²) in [4.78, 5) is 0.147. The van der Waals surface area contributed by atoms with Crippen LogP contribution in [0.25, 0.3) is 11.5 Å². The molecule has 1 aromatic heterocycles. The van der Waals surface area contributed by atoms with E-state index < -0.39 is 0 Å². The molecule has 0 amide bonds. The Morgan fingerprint density at radius 2 is 2.12 bits per heavy atom. The van der Waals surface area contributed by atoms with Crippen LogP contribution in [0.1, 0.15) is 0 Å². The van der Waals surface area contributed by atoms with Gasteiger partial charge in [-0.1, -0.05) is 0 Å². The highest BCUT2D eigenvalue weighted by atomic mass is 32.1. The van der Waals surface area contributed by atoms with Gasteiger partial charge in [0.25, 0.3) is 4.84 Å². The molecule has 6 heteroatoms. The molecule has 0 spiro atoms. The minimum atomic E-state index is -0.293. The average molecular weight is 238 g/mol. The molecule has 0 bridgehead atoms. The normalized spacial score (nSPS) is 10.4. The Morgan fingerprint density at radius 3 is 2.62 bits per heavy atom. The Labute approximate surface area is 96.9 Å². The van der Waals surface area contributed by atoms with E-state index in [0.717, 1.165) is 11.3 Å². The molecule has 0 saturated heterocycles. The third-order valence-electron chi connectivity index (χ3n) is 2.08. The fourth-order valence-electron chi connectivity index (χ4n) is 1.25. The van der Waals surface area contributed by atoms with Gasteiger partial charge in [-0.2, -0.15) is 4.68 Å². The zero-order valence-electron chi connectivity index (χ0n) is 8.58. The van der Waals surface area contributed by atoms with Gasteiger partial charge in [0, 0.05) is 5.56 Å². The fraction of sp³-hybridized carbons (Fsp3) is 0.200. The number of aromatic nitrogens is 2. The first-order chi connectivity index (χ1) is 7.74. The lowest BCUT2D eigenvalue weighted by Crippen LogP contribution is -1.98. The van der Waals surface area contributed by atoms with Gasteiger partial charge >= 0.3 is 0 Å². The highest BCUT2D eigenvalue weighted by Crippen LogP contribution is 2.20. The number of hydrogen-bond acceptors (Lipinski definition) is 5. The molecule has 0 atom stereocenters. The van der Waals surface area contributed by atoms with E-state index in [9.17, 15) is 0 Å². The molecule has 2 rings (SSSR count). The van der Waals surface area contributed by atoms with Crippen molar-refractivity contribution >= 4 is 12.2 Å². The monoisotopic (exact) mass is 238 g/mol. The SMILES string of the molecule is COc1ccc(-c2nn(CO)c(=S)o2)cc1. The van der Waals surface area contributed by atoms with Gasteiger partial charge in [-0.3, -0.25) is 0 Å². The summed E-state index contributed by atoms with van der Waals surface area (Å²) >= 11 is 4.87. The molecule has 0 aliphatic heterocycles. The van der Waals surface area contributed by atoms with Gasteiger partial charge in [-0.05, 0) is 36.5 Å². The summed E-state index contributed by atoms with van der Waals surface area (Å²) in [5.41, 5.74) is 0.777. The predicted octanol–water partition coefficient (Wildman–Crippen LogP) is 1.83. The number of aliphatic hydroxyl groups excluding tert-OH is 1. The number of ether oxygens (including phenoxy) is 1. The van der Waals surface area contributed by atoms with Gasteiger partial charge < -0.3 is 14.3 Å². The first-order valence-electron chi connectivity index (χ1n) is 4.58. The van der Waals surface area contributed by atoms with Crippen LogP contribution in [0.5, 0.6) is 5.75 Å². The van der Waals surface area contributed by atoms with Crippen molar-refractivity contribution in [1.29, 1.82) is 0 Å². The van der Waals surface area contributed by atoms with Crippen LogP contribution in [0, 0.1) is 4.84 Å². The first kappa shape index (κ1) is 10.8. The maximum absolute atomic E-state index is 8.91. The number of nitrogens with zero attached hydrogens (tertiary/aromatic N) is 2.